The van der Waals surface area contributed by atoms with Gasteiger partial charge in [-0.1, -0.05) is 35.3 Å². The van der Waals surface area contributed by atoms with Crippen LogP contribution in [0.1, 0.15) is 31.1 Å². The van der Waals surface area contributed by atoms with E-state index in [1.807, 2.05) is 0 Å². The van der Waals surface area contributed by atoms with Crippen LogP contribution >= 0.6 is 23.2 Å². The number of hydrogen-bond donors (Lipinski definition) is 0. The molecule has 0 N–H and O–H groups in total. The van der Waals surface area contributed by atoms with Crippen molar-refractivity contribution in [2.45, 2.75) is 0 Å². The van der Waals surface area contributed by atoms with E-state index in [2.05, 4.69) is 0 Å². The second kappa shape index (κ2) is 8.08. The van der Waals surface area contributed by atoms with Crippen LogP contribution < -0.4 is 0 Å². The Labute approximate surface area is 182 Å². The highest BCUT2D eigenvalue weighted by Gasteiger charge is 2.37. The molecule has 2 aromatic rings. The zero-order chi connectivity index (χ0) is 21.4. The minimum atomic E-state index is -0.461. The van der Waals surface area contributed by atoms with Gasteiger partial charge in [0.2, 0.25) is 5.91 Å². The number of piperazine rings is 1. The van der Waals surface area contributed by atoms with Crippen LogP contribution in [0.3, 0.4) is 0 Å². The minimum Gasteiger partial charge on any atom is -0.338 e. The molecule has 2 heterocycles. The van der Waals surface area contributed by atoms with E-state index in [4.69, 9.17) is 23.2 Å². The maximum atomic E-state index is 12.7. The molecule has 1 saturated heterocycles. The summed E-state index contributed by atoms with van der Waals surface area (Å²) in [4.78, 5) is 54.4. The quantitative estimate of drug-likeness (QED) is 0.680. The van der Waals surface area contributed by atoms with Gasteiger partial charge in [-0.2, -0.15) is 0 Å². The summed E-state index contributed by atoms with van der Waals surface area (Å²) in [6.07, 6.45) is 0. The van der Waals surface area contributed by atoms with Crippen LogP contribution in [0, 0.1) is 0 Å². The van der Waals surface area contributed by atoms with Crippen molar-refractivity contribution in [1.29, 1.82) is 0 Å². The van der Waals surface area contributed by atoms with Gasteiger partial charge in [0.1, 0.15) is 6.54 Å². The number of imide groups is 1. The van der Waals surface area contributed by atoms with Gasteiger partial charge in [0.25, 0.3) is 17.7 Å². The van der Waals surface area contributed by atoms with E-state index in [1.54, 1.807) is 46.2 Å². The van der Waals surface area contributed by atoms with E-state index in [-0.39, 0.29) is 18.4 Å². The molecule has 2 aliphatic rings. The van der Waals surface area contributed by atoms with Crippen molar-refractivity contribution in [2.24, 2.45) is 0 Å². The third-order valence-corrected chi connectivity index (χ3v) is 6.00. The van der Waals surface area contributed by atoms with Crippen molar-refractivity contribution in [3.8, 4) is 0 Å². The number of hydrogen-bond acceptors (Lipinski definition) is 4. The molecule has 1 fully saturated rings. The Morgan fingerprint density at radius 3 is 1.93 bits per heavy atom. The molecule has 0 aliphatic carbocycles. The summed E-state index contributed by atoms with van der Waals surface area (Å²) in [6.45, 7) is 0.997. The molecule has 2 aromatic carbocycles. The maximum Gasteiger partial charge on any atom is 0.262 e. The standard InChI is InChI=1S/C21H17Cl2N3O4/c22-16-6-5-13(11-17(16)23)19(28)25-9-7-24(8-10-25)18(27)12-26-20(29)14-3-1-2-4-15(14)21(26)30/h1-6,11H,7-10,12H2. The molecule has 9 heteroatoms. The zero-order valence-corrected chi connectivity index (χ0v) is 17.3. The molecule has 0 saturated carbocycles. The van der Waals surface area contributed by atoms with E-state index in [1.165, 1.54) is 6.07 Å². The molecular formula is C21H17Cl2N3O4. The summed E-state index contributed by atoms with van der Waals surface area (Å²) in [5.74, 6) is -1.44. The Morgan fingerprint density at radius 1 is 0.800 bits per heavy atom. The van der Waals surface area contributed by atoms with Crippen LogP contribution in [0.2, 0.25) is 10.0 Å². The molecule has 0 bridgehead atoms. The van der Waals surface area contributed by atoms with Crippen LogP contribution in [-0.4, -0.2) is 71.1 Å². The highest BCUT2D eigenvalue weighted by molar-refractivity contribution is 6.42. The highest BCUT2D eigenvalue weighted by Crippen LogP contribution is 2.24. The van der Waals surface area contributed by atoms with Gasteiger partial charge in [-0.3, -0.25) is 24.1 Å². The molecule has 0 radical (unpaired) electrons. The third-order valence-electron chi connectivity index (χ3n) is 5.26. The lowest BCUT2D eigenvalue weighted by atomic mass is 10.1. The van der Waals surface area contributed by atoms with Crippen molar-refractivity contribution >= 4 is 46.8 Å². The van der Waals surface area contributed by atoms with Crippen LogP contribution in [0.25, 0.3) is 0 Å². The molecule has 0 aromatic heterocycles. The molecule has 4 amide bonds. The third kappa shape index (κ3) is 3.66. The summed E-state index contributed by atoms with van der Waals surface area (Å²) in [5.41, 5.74) is 1.05. The smallest absolute Gasteiger partial charge is 0.262 e. The fourth-order valence-corrected chi connectivity index (χ4v) is 3.89. The number of fused-ring (bicyclic) bond motifs is 1. The van der Waals surface area contributed by atoms with Gasteiger partial charge in [-0.05, 0) is 30.3 Å². The van der Waals surface area contributed by atoms with Crippen molar-refractivity contribution in [1.82, 2.24) is 14.7 Å². The second-order valence-electron chi connectivity index (χ2n) is 7.04. The Hall–Kier alpha value is -2.90. The number of carbonyl (C=O) groups excluding carboxylic acids is 4. The number of amides is 4. The molecule has 0 unspecified atom stereocenters. The summed E-state index contributed by atoms with van der Waals surface area (Å²) >= 11 is 11.9. The first-order valence-electron chi connectivity index (χ1n) is 9.34. The Morgan fingerprint density at radius 2 is 1.37 bits per heavy atom. The van der Waals surface area contributed by atoms with Crippen LogP contribution in [0.15, 0.2) is 42.5 Å². The topological polar surface area (TPSA) is 78.0 Å². The average Bonchev–Trinajstić information content (AvgIpc) is 3.00. The normalized spacial score (nSPS) is 16.1. The average molecular weight is 446 g/mol. The molecule has 7 nitrogen and oxygen atoms in total. The lowest BCUT2D eigenvalue weighted by Gasteiger charge is -2.35. The van der Waals surface area contributed by atoms with E-state index >= 15 is 0 Å². The Balaban J connectivity index is 1.36. The number of halogens is 2. The van der Waals surface area contributed by atoms with Gasteiger partial charge in [0.05, 0.1) is 21.2 Å². The maximum absolute atomic E-state index is 12.7. The molecule has 0 spiro atoms. The first-order chi connectivity index (χ1) is 14.4. The van der Waals surface area contributed by atoms with Gasteiger partial charge >= 0.3 is 0 Å². The van der Waals surface area contributed by atoms with Gasteiger partial charge in [-0.15, -0.1) is 0 Å². The predicted molar refractivity (Wildman–Crippen MR) is 111 cm³/mol. The first-order valence-corrected chi connectivity index (χ1v) is 10.1. The number of benzene rings is 2. The zero-order valence-electron chi connectivity index (χ0n) is 15.8. The SMILES string of the molecule is O=C(CN1C(=O)c2ccccc2C1=O)N1CCN(C(=O)c2ccc(Cl)c(Cl)c2)CC1. The van der Waals surface area contributed by atoms with E-state index in [0.717, 1.165) is 4.90 Å². The van der Waals surface area contributed by atoms with Crippen LogP contribution in [0.4, 0.5) is 0 Å². The first kappa shape index (κ1) is 20.4. The molecular weight excluding hydrogens is 429 g/mol. The minimum absolute atomic E-state index is 0.194. The molecule has 154 valence electrons. The summed E-state index contributed by atoms with van der Waals surface area (Å²) in [5, 5.41) is 0.675. The number of nitrogens with zero attached hydrogens (tertiary/aromatic N) is 3. The Bertz CT molecular complexity index is 1030. The van der Waals surface area contributed by atoms with Gasteiger partial charge < -0.3 is 9.80 Å². The molecule has 0 atom stereocenters. The lowest BCUT2D eigenvalue weighted by Crippen LogP contribution is -2.53. The largest absolute Gasteiger partial charge is 0.338 e. The Kier molecular flexibility index (Phi) is 5.49. The summed E-state index contributed by atoms with van der Waals surface area (Å²) in [6, 6.07) is 11.2. The fraction of sp³-hybridized carbons (Fsp3) is 0.238. The summed E-state index contributed by atoms with van der Waals surface area (Å²) < 4.78 is 0. The van der Waals surface area contributed by atoms with Gasteiger partial charge in [0.15, 0.2) is 0 Å². The summed E-state index contributed by atoms with van der Waals surface area (Å²) in [7, 11) is 0. The lowest BCUT2D eigenvalue weighted by molar-refractivity contribution is -0.132. The van der Waals surface area contributed by atoms with Crippen molar-refractivity contribution in [2.75, 3.05) is 32.7 Å². The van der Waals surface area contributed by atoms with Crippen molar-refractivity contribution in [3.63, 3.8) is 0 Å². The van der Waals surface area contributed by atoms with E-state index < -0.39 is 11.8 Å². The molecule has 2 aliphatic heterocycles. The van der Waals surface area contributed by atoms with E-state index in [9.17, 15) is 19.2 Å². The molecule has 4 rings (SSSR count). The van der Waals surface area contributed by atoms with Gasteiger partial charge in [0, 0.05) is 31.7 Å². The highest BCUT2D eigenvalue weighted by atomic mass is 35.5. The van der Waals surface area contributed by atoms with Crippen molar-refractivity contribution < 1.29 is 19.2 Å². The van der Waals surface area contributed by atoms with Crippen LogP contribution in [0.5, 0.6) is 0 Å². The number of carbonyl (C=O) groups is 4. The van der Waals surface area contributed by atoms with Crippen LogP contribution in [-0.2, 0) is 4.79 Å². The van der Waals surface area contributed by atoms with Crippen molar-refractivity contribution in [3.05, 3.63) is 69.2 Å². The number of rotatable bonds is 3. The fourth-order valence-electron chi connectivity index (χ4n) is 3.59. The van der Waals surface area contributed by atoms with Gasteiger partial charge in [-0.25, -0.2) is 0 Å². The monoisotopic (exact) mass is 445 g/mol. The predicted octanol–water partition coefficient (Wildman–Crippen LogP) is 2.57. The van der Waals surface area contributed by atoms with E-state index in [0.29, 0.717) is 52.9 Å². The molecule has 30 heavy (non-hydrogen) atoms. The second-order valence-corrected chi connectivity index (χ2v) is 7.86.